The van der Waals surface area contributed by atoms with Crippen molar-refractivity contribution >= 4 is 35.4 Å². The van der Waals surface area contributed by atoms with Gasteiger partial charge in [0, 0.05) is 12.3 Å². The molecule has 3 aromatic carbocycles. The van der Waals surface area contributed by atoms with Gasteiger partial charge in [0.25, 0.3) is 0 Å². The van der Waals surface area contributed by atoms with Gasteiger partial charge in [0.15, 0.2) is 6.10 Å². The van der Waals surface area contributed by atoms with Crippen LogP contribution < -0.4 is 21.9 Å². The smallest absolute Gasteiger partial charge is 0.408 e. The standard InChI is InChI=1S/C29H29N3O7S/c1-28(2,3)39-27(37)31-20-24(35)32-14-29(15-40-25(20)32,18-19(30)22(34)21(18)33)26(36)38-23(16-10-6-4-7-11-16)17-12-8-5-9-13-17/h4-13,20,23,25H,14-15,30H2,1-3H3,(H,31,37)/t20?,25-,29?/m1/s1. The van der Waals surface area contributed by atoms with E-state index in [0.29, 0.717) is 11.1 Å². The van der Waals surface area contributed by atoms with Gasteiger partial charge in [-0.3, -0.25) is 19.2 Å². The summed E-state index contributed by atoms with van der Waals surface area (Å²) < 4.78 is 11.4. The summed E-state index contributed by atoms with van der Waals surface area (Å²) in [4.78, 5) is 65.8. The van der Waals surface area contributed by atoms with Crippen molar-refractivity contribution < 1.29 is 23.9 Å². The van der Waals surface area contributed by atoms with Crippen molar-refractivity contribution in [3.8, 4) is 0 Å². The summed E-state index contributed by atoms with van der Waals surface area (Å²) in [5.74, 6) is -1.20. The monoisotopic (exact) mass is 563 g/mol. The highest BCUT2D eigenvalue weighted by molar-refractivity contribution is 8.00. The maximum Gasteiger partial charge on any atom is 0.408 e. The molecule has 0 saturated carbocycles. The number of hydrogen-bond acceptors (Lipinski definition) is 9. The van der Waals surface area contributed by atoms with Crippen LogP contribution in [0, 0.1) is 0 Å². The largest absolute Gasteiger partial charge is 0.452 e. The van der Waals surface area contributed by atoms with E-state index in [0.717, 1.165) is 0 Å². The lowest BCUT2D eigenvalue weighted by molar-refractivity contribution is -0.159. The Morgan fingerprint density at radius 2 is 1.57 bits per heavy atom. The van der Waals surface area contributed by atoms with E-state index in [4.69, 9.17) is 15.2 Å². The summed E-state index contributed by atoms with van der Waals surface area (Å²) in [6.45, 7) is 4.91. The van der Waals surface area contributed by atoms with E-state index in [1.165, 1.54) is 16.7 Å². The maximum atomic E-state index is 14.1. The molecule has 2 aliphatic rings. The fraction of sp³-hybridized carbons (Fsp3) is 0.345. The number of carbonyl (C=O) groups is 3. The lowest BCUT2D eigenvalue weighted by Gasteiger charge is -2.54. The highest BCUT2D eigenvalue weighted by Gasteiger charge is 2.61. The molecule has 0 bridgehead atoms. The Hall–Kier alpha value is -4.12. The molecule has 2 amide bonds. The fourth-order valence-corrected chi connectivity index (χ4v) is 6.62. The summed E-state index contributed by atoms with van der Waals surface area (Å²) in [5.41, 5.74) is 2.81. The highest BCUT2D eigenvalue weighted by Crippen LogP contribution is 2.45. The highest BCUT2D eigenvalue weighted by atomic mass is 32.2. The van der Waals surface area contributed by atoms with Gasteiger partial charge in [-0.1, -0.05) is 60.7 Å². The first kappa shape index (κ1) is 27.4. The van der Waals surface area contributed by atoms with Crippen molar-refractivity contribution in [1.29, 1.82) is 0 Å². The van der Waals surface area contributed by atoms with Crippen LogP contribution in [0.3, 0.4) is 0 Å². The van der Waals surface area contributed by atoms with Gasteiger partial charge in [-0.15, -0.1) is 11.8 Å². The molecule has 3 aromatic rings. The van der Waals surface area contributed by atoms with Crippen molar-refractivity contribution in [2.75, 3.05) is 18.0 Å². The molecule has 2 fully saturated rings. The molecule has 0 radical (unpaired) electrons. The summed E-state index contributed by atoms with van der Waals surface area (Å²) in [7, 11) is 0. The Morgan fingerprint density at radius 3 is 2.10 bits per heavy atom. The van der Waals surface area contributed by atoms with Crippen LogP contribution in [0.5, 0.6) is 0 Å². The number of thioether (sulfide) groups is 1. The Balaban J connectivity index is 1.45. The van der Waals surface area contributed by atoms with Crippen molar-refractivity contribution in [3.05, 3.63) is 97.8 Å². The summed E-state index contributed by atoms with van der Waals surface area (Å²) in [5, 5.41) is 2.10. The number of alkyl carbamates (subject to hydrolysis) is 1. The number of nitrogen functional groups attached to an aromatic ring is 1. The number of anilines is 1. The van der Waals surface area contributed by atoms with E-state index in [1.807, 2.05) is 60.7 Å². The summed E-state index contributed by atoms with van der Waals surface area (Å²) >= 11 is 1.20. The molecule has 0 spiro atoms. The number of β-lactam (4-membered cyclic amide) rings is 1. The normalized spacial score (nSPS) is 22.4. The van der Waals surface area contributed by atoms with Gasteiger partial charge in [0.05, 0.1) is 11.3 Å². The van der Waals surface area contributed by atoms with Crippen LogP contribution in [0.2, 0.25) is 0 Å². The first-order chi connectivity index (χ1) is 18.9. The Labute approximate surface area is 234 Å². The second-order valence-electron chi connectivity index (χ2n) is 10.9. The van der Waals surface area contributed by atoms with Crippen LogP contribution in [0.1, 0.15) is 43.6 Å². The second kappa shape index (κ2) is 10.1. The molecule has 208 valence electrons. The molecular formula is C29H29N3O7S. The number of esters is 1. The third kappa shape index (κ3) is 4.74. The van der Waals surface area contributed by atoms with Crippen LogP contribution in [0.4, 0.5) is 10.5 Å². The van der Waals surface area contributed by atoms with Crippen LogP contribution in [0.15, 0.2) is 70.3 Å². The van der Waals surface area contributed by atoms with E-state index in [9.17, 15) is 24.0 Å². The topological polar surface area (TPSA) is 145 Å². The van der Waals surface area contributed by atoms with Gasteiger partial charge >= 0.3 is 12.1 Å². The van der Waals surface area contributed by atoms with Crippen LogP contribution in [-0.2, 0) is 24.5 Å². The van der Waals surface area contributed by atoms with Gasteiger partial charge in [-0.05, 0) is 31.9 Å². The second-order valence-corrected chi connectivity index (χ2v) is 12.0. The van der Waals surface area contributed by atoms with Gasteiger partial charge in [-0.25, -0.2) is 4.79 Å². The number of nitrogens with one attached hydrogen (secondary N) is 1. The molecule has 0 aliphatic carbocycles. The zero-order valence-electron chi connectivity index (χ0n) is 22.2. The molecule has 3 N–H and O–H groups in total. The Bertz CT molecular complexity index is 1490. The molecule has 2 heterocycles. The van der Waals surface area contributed by atoms with E-state index in [2.05, 4.69) is 5.32 Å². The zero-order chi connectivity index (χ0) is 28.8. The number of hydrogen-bond donors (Lipinski definition) is 2. The molecule has 10 nitrogen and oxygen atoms in total. The van der Waals surface area contributed by atoms with E-state index < -0.39 is 57.4 Å². The van der Waals surface area contributed by atoms with Gasteiger partial charge < -0.3 is 25.4 Å². The average molecular weight is 564 g/mol. The average Bonchev–Trinajstić information content (AvgIpc) is 2.94. The molecular weight excluding hydrogens is 534 g/mol. The lowest BCUT2D eigenvalue weighted by Crippen LogP contribution is -2.75. The predicted molar refractivity (Wildman–Crippen MR) is 149 cm³/mol. The lowest BCUT2D eigenvalue weighted by atomic mass is 9.76. The number of carbonyl (C=O) groups excluding carboxylic acids is 3. The molecule has 5 rings (SSSR count). The molecule has 40 heavy (non-hydrogen) atoms. The number of benzene rings is 2. The van der Waals surface area contributed by atoms with Crippen molar-refractivity contribution in [3.63, 3.8) is 0 Å². The number of amides is 2. The summed E-state index contributed by atoms with van der Waals surface area (Å²) in [6.07, 6.45) is -1.54. The van der Waals surface area contributed by atoms with Gasteiger partial charge in [-0.2, -0.15) is 0 Å². The van der Waals surface area contributed by atoms with E-state index in [-0.39, 0.29) is 23.5 Å². The predicted octanol–water partition coefficient (Wildman–Crippen LogP) is 2.24. The van der Waals surface area contributed by atoms with E-state index >= 15 is 0 Å². The first-order valence-electron chi connectivity index (χ1n) is 12.7. The Kier molecular flexibility index (Phi) is 6.95. The number of nitrogens with zero attached hydrogens (tertiary/aromatic N) is 1. The van der Waals surface area contributed by atoms with Crippen molar-refractivity contribution in [2.24, 2.45) is 0 Å². The zero-order valence-corrected chi connectivity index (χ0v) is 23.0. The van der Waals surface area contributed by atoms with Crippen molar-refractivity contribution in [2.45, 2.75) is 49.3 Å². The van der Waals surface area contributed by atoms with Gasteiger partial charge in [0.2, 0.25) is 16.8 Å². The molecule has 2 saturated heterocycles. The quantitative estimate of drug-likeness (QED) is 0.262. The van der Waals surface area contributed by atoms with Gasteiger partial charge in [0.1, 0.15) is 22.4 Å². The minimum Gasteiger partial charge on any atom is -0.452 e. The SMILES string of the molecule is CC(C)(C)OC(=O)NC1C(=O)N2CC(C(=O)OC(c3ccccc3)c3ccccc3)(c3c(N)c(=O)c3=O)CS[C@H]12. The molecule has 11 heteroatoms. The van der Waals surface area contributed by atoms with Crippen LogP contribution >= 0.6 is 11.8 Å². The number of fused-ring (bicyclic) bond motifs is 1. The van der Waals surface area contributed by atoms with Crippen molar-refractivity contribution in [1.82, 2.24) is 10.2 Å². The fourth-order valence-electron chi connectivity index (χ4n) is 5.07. The van der Waals surface area contributed by atoms with Crippen LogP contribution in [-0.4, -0.2) is 52.2 Å². The van der Waals surface area contributed by atoms with Crippen LogP contribution in [0.25, 0.3) is 0 Å². The minimum atomic E-state index is -1.66. The third-order valence-corrected chi connectivity index (χ3v) is 8.53. The number of nitrogens with two attached hydrogens (primary N) is 1. The molecule has 3 atom stereocenters. The Morgan fingerprint density at radius 1 is 1.00 bits per heavy atom. The number of ether oxygens (including phenoxy) is 2. The molecule has 0 aromatic heterocycles. The summed E-state index contributed by atoms with van der Waals surface area (Å²) in [6, 6.07) is 17.4. The minimum absolute atomic E-state index is 0.0120. The first-order valence-corrected chi connectivity index (χ1v) is 13.8. The third-order valence-electron chi connectivity index (χ3n) is 7.00. The number of rotatable bonds is 6. The molecule has 2 aliphatic heterocycles. The maximum absolute atomic E-state index is 14.1. The van der Waals surface area contributed by atoms with E-state index in [1.54, 1.807) is 20.8 Å². The molecule has 2 unspecified atom stereocenters.